The highest BCUT2D eigenvalue weighted by atomic mass is 14.5. The van der Waals surface area contributed by atoms with Crippen molar-refractivity contribution in [2.75, 3.05) is 0 Å². The fraction of sp³-hybridized carbons (Fsp3) is 0.462. The van der Waals surface area contributed by atoms with E-state index in [-0.39, 0.29) is 0 Å². The van der Waals surface area contributed by atoms with Gasteiger partial charge in [0.2, 0.25) is 0 Å². The smallest absolute Gasteiger partial charge is 0.0419 e. The third kappa shape index (κ3) is 1.72. The fourth-order valence-electron chi connectivity index (χ4n) is 2.31. The molecule has 0 bridgehead atoms. The maximum absolute atomic E-state index is 8.17. The molecular weight excluding hydrogens is 170 g/mol. The van der Waals surface area contributed by atoms with Crippen LogP contribution in [0.2, 0.25) is 0 Å². The molecule has 1 heteroatoms. The quantitative estimate of drug-likeness (QED) is 0.685. The molecule has 1 fully saturated rings. The first kappa shape index (κ1) is 9.45. The lowest BCUT2D eigenvalue weighted by molar-refractivity contribution is 0.725. The lowest BCUT2D eigenvalue weighted by Gasteiger charge is -2.13. The van der Waals surface area contributed by atoms with E-state index in [1.54, 1.807) is 0 Å². The van der Waals surface area contributed by atoms with Crippen LogP contribution in [-0.4, -0.2) is 5.71 Å². The zero-order chi connectivity index (χ0) is 9.97. The topological polar surface area (TPSA) is 23.9 Å². The van der Waals surface area contributed by atoms with Crippen LogP contribution in [0.5, 0.6) is 0 Å². The largest absolute Gasteiger partial charge is 0.304 e. The second-order valence-corrected chi connectivity index (χ2v) is 4.21. The minimum absolute atomic E-state index is 0.524. The molecular formula is C13H17N. The van der Waals surface area contributed by atoms with Gasteiger partial charge in [-0.1, -0.05) is 37.1 Å². The summed E-state index contributed by atoms with van der Waals surface area (Å²) < 4.78 is 0. The normalized spacial score (nSPS) is 17.2. The second kappa shape index (κ2) is 3.95. The van der Waals surface area contributed by atoms with Gasteiger partial charge in [0.15, 0.2) is 0 Å². The van der Waals surface area contributed by atoms with Crippen LogP contribution in [0.15, 0.2) is 24.3 Å². The molecule has 1 nitrogen and oxygen atoms in total. The lowest BCUT2D eigenvalue weighted by atomic mass is 9.93. The van der Waals surface area contributed by atoms with Crippen LogP contribution in [0.4, 0.5) is 0 Å². The monoisotopic (exact) mass is 187 g/mol. The third-order valence-electron chi connectivity index (χ3n) is 3.20. The molecule has 2 rings (SSSR count). The van der Waals surface area contributed by atoms with Gasteiger partial charge in [-0.05, 0) is 30.9 Å². The number of nitrogens with one attached hydrogen (secondary N) is 1. The van der Waals surface area contributed by atoms with Crippen LogP contribution < -0.4 is 0 Å². The minimum atomic E-state index is 0.524. The molecule has 1 saturated carbocycles. The van der Waals surface area contributed by atoms with Crippen LogP contribution in [0.25, 0.3) is 0 Å². The number of hydrogen-bond acceptors (Lipinski definition) is 1. The van der Waals surface area contributed by atoms with Gasteiger partial charge in [0.1, 0.15) is 0 Å². The summed E-state index contributed by atoms with van der Waals surface area (Å²) >= 11 is 0. The SMILES string of the molecule is Cc1ccccc1C(=N)C1CCCC1. The van der Waals surface area contributed by atoms with E-state index in [1.165, 1.54) is 31.2 Å². The molecule has 1 N–H and O–H groups in total. The van der Waals surface area contributed by atoms with E-state index in [2.05, 4.69) is 19.1 Å². The van der Waals surface area contributed by atoms with E-state index in [4.69, 9.17) is 5.41 Å². The van der Waals surface area contributed by atoms with Crippen molar-refractivity contribution in [3.63, 3.8) is 0 Å². The Kier molecular flexibility index (Phi) is 2.67. The molecule has 0 amide bonds. The van der Waals surface area contributed by atoms with E-state index in [9.17, 15) is 0 Å². The van der Waals surface area contributed by atoms with E-state index < -0.39 is 0 Å². The average Bonchev–Trinajstić information content (AvgIpc) is 2.70. The van der Waals surface area contributed by atoms with Gasteiger partial charge in [-0.15, -0.1) is 0 Å². The summed E-state index contributed by atoms with van der Waals surface area (Å²) in [6.45, 7) is 2.10. The highest BCUT2D eigenvalue weighted by Gasteiger charge is 2.21. The van der Waals surface area contributed by atoms with Crippen molar-refractivity contribution in [3.8, 4) is 0 Å². The van der Waals surface area contributed by atoms with Crippen molar-refractivity contribution < 1.29 is 0 Å². The van der Waals surface area contributed by atoms with Gasteiger partial charge in [-0.3, -0.25) is 0 Å². The van der Waals surface area contributed by atoms with Gasteiger partial charge < -0.3 is 5.41 Å². The van der Waals surface area contributed by atoms with E-state index in [1.807, 2.05) is 12.1 Å². The summed E-state index contributed by atoms with van der Waals surface area (Å²) in [6.07, 6.45) is 5.04. The molecule has 0 aliphatic heterocycles. The number of aryl methyl sites for hydroxylation is 1. The highest BCUT2D eigenvalue weighted by Crippen LogP contribution is 2.28. The Hall–Kier alpha value is -1.11. The summed E-state index contributed by atoms with van der Waals surface area (Å²) in [5.74, 6) is 0.524. The standard InChI is InChI=1S/C13H17N/c1-10-6-2-5-9-12(10)13(14)11-7-3-4-8-11/h2,5-6,9,11,14H,3-4,7-8H2,1H3. The first-order valence-corrected chi connectivity index (χ1v) is 5.43. The summed E-state index contributed by atoms with van der Waals surface area (Å²) in [5.41, 5.74) is 3.25. The van der Waals surface area contributed by atoms with Gasteiger partial charge in [-0.25, -0.2) is 0 Å². The van der Waals surface area contributed by atoms with Gasteiger partial charge in [0.25, 0.3) is 0 Å². The van der Waals surface area contributed by atoms with Crippen molar-refractivity contribution in [2.45, 2.75) is 32.6 Å². The Balaban J connectivity index is 2.22. The maximum atomic E-state index is 8.17. The second-order valence-electron chi connectivity index (χ2n) is 4.21. The molecule has 74 valence electrons. The first-order chi connectivity index (χ1) is 6.79. The summed E-state index contributed by atoms with van der Waals surface area (Å²) in [5, 5.41) is 8.17. The molecule has 0 spiro atoms. The van der Waals surface area contributed by atoms with Crippen LogP contribution in [0, 0.1) is 18.3 Å². The van der Waals surface area contributed by atoms with Crippen molar-refractivity contribution in [1.29, 1.82) is 5.41 Å². The molecule has 0 heterocycles. The van der Waals surface area contributed by atoms with Crippen molar-refractivity contribution in [2.24, 2.45) is 5.92 Å². The van der Waals surface area contributed by atoms with Crippen LogP contribution in [0.1, 0.15) is 36.8 Å². The van der Waals surface area contributed by atoms with Gasteiger partial charge in [-0.2, -0.15) is 0 Å². The molecule has 1 aromatic carbocycles. The van der Waals surface area contributed by atoms with Gasteiger partial charge in [0, 0.05) is 11.6 Å². The van der Waals surface area contributed by atoms with Crippen molar-refractivity contribution >= 4 is 5.71 Å². The maximum Gasteiger partial charge on any atom is 0.0419 e. The Morgan fingerprint density at radius 1 is 1.21 bits per heavy atom. The zero-order valence-corrected chi connectivity index (χ0v) is 8.72. The molecule has 1 aliphatic rings. The summed E-state index contributed by atoms with van der Waals surface area (Å²) in [4.78, 5) is 0. The van der Waals surface area contributed by atoms with E-state index in [0.717, 1.165) is 11.3 Å². The van der Waals surface area contributed by atoms with Crippen molar-refractivity contribution in [1.82, 2.24) is 0 Å². The summed E-state index contributed by atoms with van der Waals surface area (Å²) in [7, 11) is 0. The molecule has 0 atom stereocenters. The zero-order valence-electron chi connectivity index (χ0n) is 8.72. The van der Waals surface area contributed by atoms with E-state index >= 15 is 0 Å². The Morgan fingerprint density at radius 3 is 2.50 bits per heavy atom. The number of benzene rings is 1. The molecule has 0 unspecified atom stereocenters. The van der Waals surface area contributed by atoms with Gasteiger partial charge in [0.05, 0.1) is 0 Å². The van der Waals surface area contributed by atoms with Crippen LogP contribution in [-0.2, 0) is 0 Å². The molecule has 0 radical (unpaired) electrons. The van der Waals surface area contributed by atoms with Crippen molar-refractivity contribution in [3.05, 3.63) is 35.4 Å². The first-order valence-electron chi connectivity index (χ1n) is 5.43. The number of rotatable bonds is 2. The predicted molar refractivity (Wildman–Crippen MR) is 60.0 cm³/mol. The number of hydrogen-bond donors (Lipinski definition) is 1. The summed E-state index contributed by atoms with van der Waals surface area (Å²) in [6, 6.07) is 8.25. The molecule has 1 aromatic rings. The molecule has 14 heavy (non-hydrogen) atoms. The Bertz CT molecular complexity index is 335. The van der Waals surface area contributed by atoms with Crippen LogP contribution in [0.3, 0.4) is 0 Å². The van der Waals surface area contributed by atoms with Crippen LogP contribution >= 0.6 is 0 Å². The van der Waals surface area contributed by atoms with Gasteiger partial charge >= 0.3 is 0 Å². The predicted octanol–water partition coefficient (Wildman–Crippen LogP) is 3.55. The highest BCUT2D eigenvalue weighted by molar-refractivity contribution is 6.01. The third-order valence-corrected chi connectivity index (χ3v) is 3.20. The Labute approximate surface area is 85.7 Å². The average molecular weight is 187 g/mol. The lowest BCUT2D eigenvalue weighted by Crippen LogP contribution is -2.12. The van der Waals surface area contributed by atoms with E-state index in [0.29, 0.717) is 5.92 Å². The molecule has 0 aromatic heterocycles. The minimum Gasteiger partial charge on any atom is -0.304 e. The molecule has 0 saturated heterocycles. The Morgan fingerprint density at radius 2 is 1.86 bits per heavy atom. The molecule has 1 aliphatic carbocycles. The fourth-order valence-corrected chi connectivity index (χ4v) is 2.31.